The lowest BCUT2D eigenvalue weighted by Gasteiger charge is -2.32. The summed E-state index contributed by atoms with van der Waals surface area (Å²) in [7, 11) is 3.13. The first-order valence-electron chi connectivity index (χ1n) is 14.7. The molecule has 2 aliphatic carbocycles. The molecule has 4 aromatic carbocycles. The average Bonchev–Trinajstić information content (AvgIpc) is 2.97. The fourth-order valence-corrected chi connectivity index (χ4v) is 7.77. The zero-order valence-corrected chi connectivity index (χ0v) is 23.7. The molecule has 2 aliphatic rings. The lowest BCUT2D eigenvalue weighted by Crippen LogP contribution is -2.20. The van der Waals surface area contributed by atoms with Gasteiger partial charge in [0.15, 0.2) is 0 Å². The van der Waals surface area contributed by atoms with E-state index in [4.69, 9.17) is 0 Å². The van der Waals surface area contributed by atoms with Crippen molar-refractivity contribution in [3.05, 3.63) is 102 Å². The molecular formula is C36H37F2P. The van der Waals surface area contributed by atoms with Crippen LogP contribution >= 0.6 is 9.24 Å². The molecule has 4 aromatic rings. The molecule has 0 aliphatic heterocycles. The first kappa shape index (κ1) is 26.4. The molecule has 0 radical (unpaired) electrons. The summed E-state index contributed by atoms with van der Waals surface area (Å²) < 4.78 is 28.9. The second-order valence-corrected chi connectivity index (χ2v) is 12.0. The van der Waals surface area contributed by atoms with E-state index in [1.165, 1.54) is 87.2 Å². The van der Waals surface area contributed by atoms with E-state index >= 15 is 0 Å². The smallest absolute Gasteiger partial charge is 0.123 e. The second kappa shape index (κ2) is 11.7. The van der Waals surface area contributed by atoms with Crippen LogP contribution in [0.3, 0.4) is 0 Å². The Kier molecular flexibility index (Phi) is 7.94. The van der Waals surface area contributed by atoms with Gasteiger partial charge in [0.2, 0.25) is 0 Å². The Labute approximate surface area is 234 Å². The van der Waals surface area contributed by atoms with Crippen molar-refractivity contribution >= 4 is 14.5 Å². The number of halogens is 2. The second-order valence-electron chi connectivity index (χ2n) is 11.4. The molecule has 0 heterocycles. The molecule has 0 aromatic heterocycles. The minimum absolute atomic E-state index is 0.253. The van der Waals surface area contributed by atoms with E-state index in [0.29, 0.717) is 11.8 Å². The Morgan fingerprint density at radius 2 is 1.05 bits per heavy atom. The highest BCUT2D eigenvalue weighted by Gasteiger charge is 2.28. The molecule has 0 nitrogen and oxygen atoms in total. The van der Waals surface area contributed by atoms with Crippen LogP contribution in [0.4, 0.5) is 8.78 Å². The van der Waals surface area contributed by atoms with Crippen LogP contribution in [-0.2, 0) is 0 Å². The molecule has 1 atom stereocenters. The Hall–Kier alpha value is -2.83. The molecule has 0 amide bonds. The van der Waals surface area contributed by atoms with Crippen molar-refractivity contribution < 1.29 is 8.78 Å². The largest absolute Gasteiger partial charge is 0.207 e. The van der Waals surface area contributed by atoms with Crippen LogP contribution in [0, 0.1) is 11.6 Å². The first-order chi connectivity index (χ1) is 19.1. The van der Waals surface area contributed by atoms with Gasteiger partial charge in [-0.05, 0) is 112 Å². The monoisotopic (exact) mass is 538 g/mol. The average molecular weight is 539 g/mol. The van der Waals surface area contributed by atoms with E-state index in [-0.39, 0.29) is 11.6 Å². The van der Waals surface area contributed by atoms with Crippen molar-refractivity contribution in [2.75, 3.05) is 0 Å². The third-order valence-corrected chi connectivity index (χ3v) is 9.61. The highest BCUT2D eigenvalue weighted by Crippen LogP contribution is 2.45. The number of rotatable bonds is 5. The number of hydrogen-bond acceptors (Lipinski definition) is 0. The predicted octanol–water partition coefficient (Wildman–Crippen LogP) is 10.6. The van der Waals surface area contributed by atoms with Crippen molar-refractivity contribution in [3.8, 4) is 33.4 Å². The van der Waals surface area contributed by atoms with Crippen LogP contribution in [-0.4, -0.2) is 0 Å². The van der Waals surface area contributed by atoms with Gasteiger partial charge in [0.05, 0.1) is 0 Å². The molecule has 0 bridgehead atoms. The van der Waals surface area contributed by atoms with Gasteiger partial charge in [-0.1, -0.05) is 93.1 Å². The van der Waals surface area contributed by atoms with Crippen LogP contribution in [0.1, 0.15) is 87.2 Å². The van der Waals surface area contributed by atoms with E-state index in [1.54, 1.807) is 29.8 Å². The molecule has 200 valence electrons. The summed E-state index contributed by atoms with van der Waals surface area (Å²) in [5.74, 6) is 0.694. The fraction of sp³-hybridized carbons (Fsp3) is 0.333. The van der Waals surface area contributed by atoms with Gasteiger partial charge in [0, 0.05) is 0 Å². The quantitative estimate of drug-likeness (QED) is 0.222. The van der Waals surface area contributed by atoms with Gasteiger partial charge in [-0.25, -0.2) is 8.78 Å². The third kappa shape index (κ3) is 5.46. The highest BCUT2D eigenvalue weighted by molar-refractivity contribution is 7.28. The van der Waals surface area contributed by atoms with Crippen molar-refractivity contribution in [1.29, 1.82) is 0 Å². The zero-order chi connectivity index (χ0) is 26.8. The van der Waals surface area contributed by atoms with Crippen LogP contribution < -0.4 is 5.30 Å². The van der Waals surface area contributed by atoms with E-state index in [9.17, 15) is 8.78 Å². The van der Waals surface area contributed by atoms with Gasteiger partial charge in [0.1, 0.15) is 11.6 Å². The van der Waals surface area contributed by atoms with Crippen molar-refractivity contribution in [2.24, 2.45) is 0 Å². The van der Waals surface area contributed by atoms with E-state index < -0.39 is 0 Å². The van der Waals surface area contributed by atoms with E-state index in [0.717, 1.165) is 33.4 Å². The van der Waals surface area contributed by atoms with Crippen LogP contribution in [0.15, 0.2) is 78.9 Å². The van der Waals surface area contributed by atoms with Gasteiger partial charge in [-0.15, -0.1) is 9.24 Å². The summed E-state index contributed by atoms with van der Waals surface area (Å²) in [5, 5.41) is 1.27. The minimum Gasteiger partial charge on any atom is -0.207 e. The van der Waals surface area contributed by atoms with Crippen molar-refractivity contribution in [2.45, 2.75) is 76.0 Å². The maximum absolute atomic E-state index is 14.5. The van der Waals surface area contributed by atoms with Crippen LogP contribution in [0.25, 0.3) is 33.4 Å². The van der Waals surface area contributed by atoms with Crippen molar-refractivity contribution in [3.63, 3.8) is 0 Å². The fourth-order valence-electron chi connectivity index (χ4n) is 7.12. The van der Waals surface area contributed by atoms with E-state index in [1.807, 2.05) is 18.2 Å². The SMILES string of the molecule is Fc1cccc(-c2cccc(-c3cccc(F)c3)c2-c2ccc(C3CCCCC3)c(C3CCCCC3)c2P)c1. The highest BCUT2D eigenvalue weighted by atomic mass is 31.0. The molecule has 39 heavy (non-hydrogen) atoms. The molecule has 3 heteroatoms. The first-order valence-corrected chi connectivity index (χ1v) is 15.3. The standard InChI is InChI=1S/C36H37F2P/c37-28-16-7-14-26(22-28)30-18-9-19-31(27-15-8-17-29(38)23-27)35(30)33-21-20-32(24-10-3-1-4-11-24)34(36(33)39)25-12-5-2-6-13-25/h7-9,14-25H,1-6,10-13,39H2. The topological polar surface area (TPSA) is 0 Å². The third-order valence-electron chi connectivity index (χ3n) is 8.98. The molecular weight excluding hydrogens is 501 g/mol. The zero-order valence-electron chi connectivity index (χ0n) is 22.6. The maximum atomic E-state index is 14.5. The summed E-state index contributed by atoms with van der Waals surface area (Å²) in [4.78, 5) is 0. The summed E-state index contributed by atoms with van der Waals surface area (Å²) in [6.45, 7) is 0. The molecule has 0 spiro atoms. The molecule has 2 saturated carbocycles. The van der Waals surface area contributed by atoms with Gasteiger partial charge in [-0.2, -0.15) is 0 Å². The van der Waals surface area contributed by atoms with Gasteiger partial charge >= 0.3 is 0 Å². The summed E-state index contributed by atoms with van der Waals surface area (Å²) in [6.07, 6.45) is 12.9. The Balaban J connectivity index is 1.61. The summed E-state index contributed by atoms with van der Waals surface area (Å²) in [5.41, 5.74) is 8.89. The van der Waals surface area contributed by atoms with E-state index in [2.05, 4.69) is 33.5 Å². The summed E-state index contributed by atoms with van der Waals surface area (Å²) in [6, 6.07) is 24.5. The van der Waals surface area contributed by atoms with Crippen molar-refractivity contribution in [1.82, 2.24) is 0 Å². The number of hydrogen-bond donors (Lipinski definition) is 0. The minimum atomic E-state index is -0.253. The Morgan fingerprint density at radius 1 is 0.538 bits per heavy atom. The molecule has 0 saturated heterocycles. The lowest BCUT2D eigenvalue weighted by molar-refractivity contribution is 0.420. The molecule has 1 unspecified atom stereocenters. The Bertz CT molecular complexity index is 1400. The maximum Gasteiger partial charge on any atom is 0.123 e. The Morgan fingerprint density at radius 3 is 1.59 bits per heavy atom. The van der Waals surface area contributed by atoms with Gasteiger partial charge in [0.25, 0.3) is 0 Å². The molecule has 0 N–H and O–H groups in total. The molecule has 2 fully saturated rings. The van der Waals surface area contributed by atoms with Gasteiger partial charge in [-0.3, -0.25) is 0 Å². The van der Waals surface area contributed by atoms with Crippen LogP contribution in [0.5, 0.6) is 0 Å². The predicted molar refractivity (Wildman–Crippen MR) is 164 cm³/mol. The van der Waals surface area contributed by atoms with Crippen LogP contribution in [0.2, 0.25) is 0 Å². The normalized spacial score (nSPS) is 16.9. The number of benzene rings is 4. The van der Waals surface area contributed by atoms with Gasteiger partial charge < -0.3 is 0 Å². The molecule has 6 rings (SSSR count). The lowest BCUT2D eigenvalue weighted by atomic mass is 9.74. The summed E-state index contributed by atoms with van der Waals surface area (Å²) >= 11 is 0.